The zero-order valence-electron chi connectivity index (χ0n) is 15.6. The van der Waals surface area contributed by atoms with E-state index < -0.39 is 0 Å². The first kappa shape index (κ1) is 19.9. The van der Waals surface area contributed by atoms with Crippen molar-refractivity contribution in [1.29, 1.82) is 0 Å². The maximum atomic E-state index is 4.57. The summed E-state index contributed by atoms with van der Waals surface area (Å²) in [5.74, 6) is 0. The van der Waals surface area contributed by atoms with Crippen LogP contribution in [0.25, 0.3) is 10.9 Å². The van der Waals surface area contributed by atoms with Gasteiger partial charge in [-0.1, -0.05) is 73.5 Å². The van der Waals surface area contributed by atoms with Gasteiger partial charge in [0.15, 0.2) is 0 Å². The van der Waals surface area contributed by atoms with Crippen molar-refractivity contribution in [2.75, 3.05) is 13.6 Å². The van der Waals surface area contributed by atoms with E-state index >= 15 is 0 Å². The van der Waals surface area contributed by atoms with Crippen LogP contribution in [-0.4, -0.2) is 18.6 Å². The minimum atomic E-state index is 0.978. The number of benzene rings is 2. The maximum absolute atomic E-state index is 4.57. The molecule has 0 aliphatic heterocycles. The second-order valence-corrected chi connectivity index (χ2v) is 5.51. The minimum Gasteiger partial charge on any atom is -0.319 e. The normalized spacial score (nSPS) is 9.54. The van der Waals surface area contributed by atoms with Crippen molar-refractivity contribution in [2.24, 2.45) is 0 Å². The summed E-state index contributed by atoms with van der Waals surface area (Å²) in [5.41, 5.74) is 4.91. The third-order valence-electron chi connectivity index (χ3n) is 3.46. The number of aryl methyl sites for hydroxylation is 2. The van der Waals surface area contributed by atoms with Gasteiger partial charge in [0.25, 0.3) is 0 Å². The Balaban J connectivity index is 0.000000245. The predicted molar refractivity (Wildman–Crippen MR) is 107 cm³/mol. The van der Waals surface area contributed by atoms with Crippen molar-refractivity contribution >= 4 is 10.9 Å². The highest BCUT2D eigenvalue weighted by Gasteiger charge is 1.96. The van der Waals surface area contributed by atoms with E-state index in [1.165, 1.54) is 16.5 Å². The van der Waals surface area contributed by atoms with Gasteiger partial charge in [-0.15, -0.1) is 0 Å². The number of nitrogens with zero attached hydrogens (tertiary/aromatic N) is 1. The van der Waals surface area contributed by atoms with Crippen molar-refractivity contribution < 1.29 is 0 Å². The lowest BCUT2D eigenvalue weighted by Crippen LogP contribution is -2.11. The molecule has 0 aliphatic rings. The number of pyridine rings is 1. The van der Waals surface area contributed by atoms with E-state index in [9.17, 15) is 0 Å². The Hall–Kier alpha value is -2.19. The number of para-hydroxylation sites is 1. The average molecular weight is 322 g/mol. The van der Waals surface area contributed by atoms with Crippen molar-refractivity contribution in [3.8, 4) is 0 Å². The Kier molecular flexibility index (Phi) is 9.40. The lowest BCUT2D eigenvalue weighted by Gasteiger charge is -2.01. The summed E-state index contributed by atoms with van der Waals surface area (Å²) in [7, 11) is 1.96. The molecule has 1 aromatic heterocycles. The summed E-state index contributed by atoms with van der Waals surface area (Å²) in [6, 6.07) is 20.9. The van der Waals surface area contributed by atoms with Gasteiger partial charge in [-0.2, -0.15) is 0 Å². The molecule has 24 heavy (non-hydrogen) atoms. The molecule has 0 fully saturated rings. The fraction of sp³-hybridized carbons (Fsp3) is 0.318. The van der Waals surface area contributed by atoms with Gasteiger partial charge in [-0.25, -0.2) is 0 Å². The second kappa shape index (κ2) is 11.4. The van der Waals surface area contributed by atoms with E-state index in [0.29, 0.717) is 0 Å². The standard InChI is InChI=1S/C12H14N2.C8H10.C2H6/c1-13-9-8-11-7-6-10-4-2-3-5-12(10)14-11;1-7-4-3-5-8(2)6-7;1-2/h2-7,13H,8-9H2,1H3;3-6H,1-2H3;1-2H3. The number of likely N-dealkylation sites (N-methyl/N-ethyl adjacent to an activating group) is 1. The first-order chi connectivity index (χ1) is 11.7. The van der Waals surface area contributed by atoms with Gasteiger partial charge in [-0.3, -0.25) is 4.98 Å². The molecule has 2 nitrogen and oxygen atoms in total. The number of rotatable bonds is 3. The predicted octanol–water partition coefficient (Wildman–Crippen LogP) is 5.33. The molecule has 0 unspecified atom stereocenters. The van der Waals surface area contributed by atoms with Gasteiger partial charge < -0.3 is 5.32 Å². The molecule has 3 aromatic rings. The van der Waals surface area contributed by atoms with Crippen LogP contribution in [-0.2, 0) is 6.42 Å². The Labute approximate surface area is 147 Å². The summed E-state index contributed by atoms with van der Waals surface area (Å²) < 4.78 is 0. The van der Waals surface area contributed by atoms with Crippen LogP contribution < -0.4 is 5.32 Å². The molecule has 2 aromatic carbocycles. The maximum Gasteiger partial charge on any atom is 0.0705 e. The van der Waals surface area contributed by atoms with Crippen LogP contribution in [0.1, 0.15) is 30.7 Å². The molecular formula is C22H30N2. The van der Waals surface area contributed by atoms with Crippen molar-refractivity contribution in [3.63, 3.8) is 0 Å². The number of hydrogen-bond donors (Lipinski definition) is 1. The fourth-order valence-electron chi connectivity index (χ4n) is 2.31. The molecule has 0 amide bonds. The molecule has 0 aliphatic carbocycles. The fourth-order valence-corrected chi connectivity index (χ4v) is 2.31. The van der Waals surface area contributed by atoms with E-state index in [-0.39, 0.29) is 0 Å². The summed E-state index contributed by atoms with van der Waals surface area (Å²) in [6.45, 7) is 9.19. The molecule has 0 atom stereocenters. The van der Waals surface area contributed by atoms with Gasteiger partial charge in [0, 0.05) is 24.0 Å². The van der Waals surface area contributed by atoms with Crippen LogP contribution in [0.4, 0.5) is 0 Å². The van der Waals surface area contributed by atoms with Crippen molar-refractivity contribution in [1.82, 2.24) is 10.3 Å². The van der Waals surface area contributed by atoms with Gasteiger partial charge in [0.2, 0.25) is 0 Å². The first-order valence-corrected chi connectivity index (χ1v) is 8.71. The summed E-state index contributed by atoms with van der Waals surface area (Å²) in [5, 5.41) is 4.33. The SMILES string of the molecule is CC.CNCCc1ccc2ccccc2n1.Cc1cccc(C)c1. The van der Waals surface area contributed by atoms with Gasteiger partial charge in [0.1, 0.15) is 0 Å². The van der Waals surface area contributed by atoms with Crippen LogP contribution in [0.5, 0.6) is 0 Å². The van der Waals surface area contributed by atoms with E-state index in [4.69, 9.17) is 0 Å². The van der Waals surface area contributed by atoms with Gasteiger partial charge >= 0.3 is 0 Å². The zero-order valence-corrected chi connectivity index (χ0v) is 15.6. The molecule has 128 valence electrons. The molecule has 3 rings (SSSR count). The summed E-state index contributed by atoms with van der Waals surface area (Å²) in [6.07, 6.45) is 0.987. The second-order valence-electron chi connectivity index (χ2n) is 5.51. The monoisotopic (exact) mass is 322 g/mol. The Bertz CT molecular complexity index is 702. The van der Waals surface area contributed by atoms with Crippen molar-refractivity contribution in [2.45, 2.75) is 34.1 Å². The zero-order chi connectivity index (χ0) is 17.8. The van der Waals surface area contributed by atoms with E-state index in [2.05, 4.69) is 72.7 Å². The number of aromatic nitrogens is 1. The van der Waals surface area contributed by atoms with Crippen LogP contribution in [0.2, 0.25) is 0 Å². The lowest BCUT2D eigenvalue weighted by atomic mass is 10.2. The Morgan fingerprint density at radius 3 is 2.08 bits per heavy atom. The van der Waals surface area contributed by atoms with E-state index in [0.717, 1.165) is 24.2 Å². The third kappa shape index (κ3) is 6.93. The molecule has 0 saturated carbocycles. The average Bonchev–Trinajstić information content (AvgIpc) is 2.62. The molecule has 1 heterocycles. The molecular weight excluding hydrogens is 292 g/mol. The summed E-state index contributed by atoms with van der Waals surface area (Å²) in [4.78, 5) is 4.57. The molecule has 2 heteroatoms. The number of nitrogens with one attached hydrogen (secondary N) is 1. The van der Waals surface area contributed by atoms with E-state index in [1.807, 2.05) is 33.0 Å². The lowest BCUT2D eigenvalue weighted by molar-refractivity contribution is 0.779. The minimum absolute atomic E-state index is 0.978. The molecule has 0 bridgehead atoms. The molecule has 0 spiro atoms. The number of fused-ring (bicyclic) bond motifs is 1. The highest BCUT2D eigenvalue weighted by molar-refractivity contribution is 5.78. The largest absolute Gasteiger partial charge is 0.319 e. The topological polar surface area (TPSA) is 24.9 Å². The van der Waals surface area contributed by atoms with Gasteiger partial charge in [0.05, 0.1) is 5.52 Å². The highest BCUT2D eigenvalue weighted by atomic mass is 14.8. The highest BCUT2D eigenvalue weighted by Crippen LogP contribution is 2.11. The molecule has 0 radical (unpaired) electrons. The van der Waals surface area contributed by atoms with Crippen LogP contribution in [0, 0.1) is 13.8 Å². The molecule has 0 saturated heterocycles. The van der Waals surface area contributed by atoms with Crippen LogP contribution in [0.3, 0.4) is 0 Å². The molecule has 1 N–H and O–H groups in total. The van der Waals surface area contributed by atoms with Crippen LogP contribution >= 0.6 is 0 Å². The first-order valence-electron chi connectivity index (χ1n) is 8.71. The summed E-state index contributed by atoms with van der Waals surface area (Å²) >= 11 is 0. The van der Waals surface area contributed by atoms with Crippen LogP contribution in [0.15, 0.2) is 60.7 Å². The van der Waals surface area contributed by atoms with Crippen molar-refractivity contribution in [3.05, 3.63) is 77.5 Å². The van der Waals surface area contributed by atoms with Gasteiger partial charge in [-0.05, 0) is 33.0 Å². The third-order valence-corrected chi connectivity index (χ3v) is 3.46. The quantitative estimate of drug-likeness (QED) is 0.705. The smallest absolute Gasteiger partial charge is 0.0705 e. The number of hydrogen-bond acceptors (Lipinski definition) is 2. The van der Waals surface area contributed by atoms with E-state index in [1.54, 1.807) is 0 Å². The Morgan fingerprint density at radius 1 is 0.833 bits per heavy atom. The Morgan fingerprint density at radius 2 is 1.50 bits per heavy atom.